The number of hydrogen-bond donors (Lipinski definition) is 1. The van der Waals surface area contributed by atoms with Crippen molar-refractivity contribution in [1.29, 1.82) is 0 Å². The van der Waals surface area contributed by atoms with Gasteiger partial charge in [0.15, 0.2) is 5.82 Å². The molecular formula is C31H27FN4O2. The number of aliphatic hydroxyl groups is 1. The number of fused-ring (bicyclic) bond motifs is 5. The molecule has 0 bridgehead atoms. The van der Waals surface area contributed by atoms with Crippen molar-refractivity contribution < 1.29 is 14.2 Å². The molecule has 1 N–H and O–H groups in total. The van der Waals surface area contributed by atoms with E-state index >= 15 is 4.39 Å². The van der Waals surface area contributed by atoms with Gasteiger partial charge in [-0.2, -0.15) is 0 Å². The lowest BCUT2D eigenvalue weighted by molar-refractivity contribution is 0.0687. The third kappa shape index (κ3) is 3.77. The Morgan fingerprint density at radius 1 is 1.03 bits per heavy atom. The zero-order valence-corrected chi connectivity index (χ0v) is 21.2. The molecule has 7 heteroatoms. The monoisotopic (exact) mass is 506 g/mol. The zero-order valence-electron chi connectivity index (χ0n) is 21.2. The van der Waals surface area contributed by atoms with E-state index in [4.69, 9.17) is 9.72 Å². The quantitative estimate of drug-likeness (QED) is 0.299. The number of aromatic nitrogens is 4. The highest BCUT2D eigenvalue weighted by Crippen LogP contribution is 2.63. The molecule has 5 aromatic rings. The van der Waals surface area contributed by atoms with Gasteiger partial charge < -0.3 is 14.4 Å². The highest BCUT2D eigenvalue weighted by Gasteiger charge is 2.55. The first-order valence-corrected chi connectivity index (χ1v) is 12.9. The maximum absolute atomic E-state index is 15.3. The van der Waals surface area contributed by atoms with Gasteiger partial charge in [0, 0.05) is 41.1 Å². The van der Waals surface area contributed by atoms with Crippen molar-refractivity contribution in [2.75, 3.05) is 0 Å². The van der Waals surface area contributed by atoms with Gasteiger partial charge in [0.05, 0.1) is 17.1 Å². The van der Waals surface area contributed by atoms with Crippen LogP contribution in [0.25, 0.3) is 22.2 Å². The first-order valence-electron chi connectivity index (χ1n) is 12.9. The molecule has 1 saturated carbocycles. The van der Waals surface area contributed by atoms with Crippen LogP contribution in [0.3, 0.4) is 0 Å². The van der Waals surface area contributed by atoms with Crippen LogP contribution >= 0.6 is 0 Å². The maximum Gasteiger partial charge on any atom is 0.159 e. The maximum atomic E-state index is 15.3. The Kier molecular flexibility index (Phi) is 5.13. The van der Waals surface area contributed by atoms with Gasteiger partial charge in [0.1, 0.15) is 29.6 Å². The van der Waals surface area contributed by atoms with E-state index in [9.17, 15) is 5.11 Å². The molecular weight excluding hydrogens is 479 g/mol. The molecule has 3 aromatic carbocycles. The summed E-state index contributed by atoms with van der Waals surface area (Å²) >= 11 is 0. The van der Waals surface area contributed by atoms with Gasteiger partial charge in [0.25, 0.3) is 0 Å². The lowest BCUT2D eigenvalue weighted by atomic mass is 10.0. The van der Waals surface area contributed by atoms with Gasteiger partial charge in [-0.15, -0.1) is 0 Å². The van der Waals surface area contributed by atoms with Crippen molar-refractivity contribution >= 4 is 11.0 Å². The van der Waals surface area contributed by atoms with Crippen LogP contribution in [0.5, 0.6) is 5.75 Å². The smallest absolute Gasteiger partial charge is 0.159 e. The van der Waals surface area contributed by atoms with Gasteiger partial charge in [-0.25, -0.2) is 19.3 Å². The topological polar surface area (TPSA) is 73.1 Å². The van der Waals surface area contributed by atoms with Crippen LogP contribution in [0.2, 0.25) is 0 Å². The van der Waals surface area contributed by atoms with Crippen LogP contribution in [0.15, 0.2) is 79.1 Å². The molecule has 0 radical (unpaired) electrons. The van der Waals surface area contributed by atoms with Gasteiger partial charge in [-0.05, 0) is 43.9 Å². The minimum Gasteiger partial charge on any atom is -0.489 e. The second kappa shape index (κ2) is 8.46. The number of hydrogen-bond acceptors (Lipinski definition) is 5. The first-order chi connectivity index (χ1) is 18.4. The zero-order chi connectivity index (χ0) is 26.0. The van der Waals surface area contributed by atoms with E-state index in [0.717, 1.165) is 34.6 Å². The summed E-state index contributed by atoms with van der Waals surface area (Å²) in [6, 6.07) is 21.8. The largest absolute Gasteiger partial charge is 0.489 e. The summed E-state index contributed by atoms with van der Waals surface area (Å²) in [7, 11) is 0. The Morgan fingerprint density at radius 2 is 1.76 bits per heavy atom. The third-order valence-corrected chi connectivity index (χ3v) is 7.65. The van der Waals surface area contributed by atoms with E-state index < -0.39 is 5.60 Å². The van der Waals surface area contributed by atoms with Crippen LogP contribution < -0.4 is 4.74 Å². The Hall–Kier alpha value is -4.10. The second-order valence-corrected chi connectivity index (χ2v) is 10.8. The van der Waals surface area contributed by atoms with E-state index in [1.165, 1.54) is 6.07 Å². The van der Waals surface area contributed by atoms with Crippen molar-refractivity contribution in [3.05, 3.63) is 108 Å². The van der Waals surface area contributed by atoms with Gasteiger partial charge in [-0.3, -0.25) is 0 Å². The number of ether oxygens (including phenoxy) is 1. The highest BCUT2D eigenvalue weighted by molar-refractivity contribution is 5.84. The summed E-state index contributed by atoms with van der Waals surface area (Å²) < 4.78 is 23.9. The Bertz CT molecular complexity index is 1660. The SMILES string of the molecule is CC(C)(O)c1ncc(-c2cc3c(cc2F)nc2n3[C@@H](c3ccccc3OCc3ccccc3)[C@H]3C[C@@H]23)cn1. The Balaban J connectivity index is 1.29. The molecule has 0 amide bonds. The Labute approximate surface area is 219 Å². The van der Waals surface area contributed by atoms with Crippen LogP contribution in [-0.2, 0) is 12.2 Å². The van der Waals surface area contributed by atoms with Crippen LogP contribution in [0, 0.1) is 11.7 Å². The lowest BCUT2D eigenvalue weighted by Crippen LogP contribution is -2.19. The van der Waals surface area contributed by atoms with Gasteiger partial charge >= 0.3 is 0 Å². The molecule has 38 heavy (non-hydrogen) atoms. The first kappa shape index (κ1) is 23.0. The molecule has 6 nitrogen and oxygen atoms in total. The number of benzene rings is 3. The average Bonchev–Trinajstić information content (AvgIpc) is 3.53. The number of nitrogens with zero attached hydrogens (tertiary/aromatic N) is 4. The lowest BCUT2D eigenvalue weighted by Gasteiger charge is -2.21. The van der Waals surface area contributed by atoms with Crippen LogP contribution in [-0.4, -0.2) is 24.6 Å². The molecule has 7 rings (SSSR count). The highest BCUT2D eigenvalue weighted by atomic mass is 19.1. The summed E-state index contributed by atoms with van der Waals surface area (Å²) in [6.45, 7) is 3.74. The van der Waals surface area contributed by atoms with E-state index in [2.05, 4.69) is 32.7 Å². The number of para-hydroxylation sites is 1. The van der Waals surface area contributed by atoms with E-state index in [0.29, 0.717) is 40.9 Å². The molecule has 190 valence electrons. The molecule has 0 unspecified atom stereocenters. The molecule has 0 saturated heterocycles. The normalized spacial score (nSPS) is 19.8. The summed E-state index contributed by atoms with van der Waals surface area (Å²) in [5, 5.41) is 10.2. The predicted octanol–water partition coefficient (Wildman–Crippen LogP) is 6.15. The van der Waals surface area contributed by atoms with Crippen LogP contribution in [0.4, 0.5) is 4.39 Å². The number of imidazole rings is 1. The molecule has 3 heterocycles. The van der Waals surface area contributed by atoms with E-state index in [-0.39, 0.29) is 11.9 Å². The number of rotatable bonds is 6. The van der Waals surface area contributed by atoms with Crippen molar-refractivity contribution in [2.24, 2.45) is 5.92 Å². The Morgan fingerprint density at radius 3 is 2.53 bits per heavy atom. The molecule has 3 atom stereocenters. The third-order valence-electron chi connectivity index (χ3n) is 7.65. The molecule has 1 aliphatic heterocycles. The molecule has 1 aliphatic carbocycles. The summed E-state index contributed by atoms with van der Waals surface area (Å²) in [5.74, 6) is 2.61. The van der Waals surface area contributed by atoms with Crippen molar-refractivity contribution in [2.45, 2.75) is 44.4 Å². The summed E-state index contributed by atoms with van der Waals surface area (Å²) in [4.78, 5) is 13.4. The van der Waals surface area contributed by atoms with Gasteiger partial charge in [0.2, 0.25) is 0 Å². The minimum atomic E-state index is -1.17. The molecule has 1 fully saturated rings. The van der Waals surface area contributed by atoms with Crippen LogP contribution in [0.1, 0.15) is 55.0 Å². The average molecular weight is 507 g/mol. The van der Waals surface area contributed by atoms with Crippen molar-refractivity contribution in [3.63, 3.8) is 0 Å². The predicted molar refractivity (Wildman–Crippen MR) is 142 cm³/mol. The van der Waals surface area contributed by atoms with Crippen molar-refractivity contribution in [1.82, 2.24) is 19.5 Å². The minimum absolute atomic E-state index is 0.0686. The fraction of sp³-hybridized carbons (Fsp3) is 0.258. The number of halogens is 1. The molecule has 2 aliphatic rings. The molecule has 2 aromatic heterocycles. The second-order valence-electron chi connectivity index (χ2n) is 10.8. The summed E-state index contributed by atoms with van der Waals surface area (Å²) in [6.07, 6.45) is 4.20. The standard InChI is InChI=1S/C31H27FN4O2/c1-31(2,37)30-33-15-19(16-34-30)21-13-26-25(14-24(21)32)35-29-23-12-22(23)28(36(26)29)20-10-6-7-11-27(20)38-17-18-8-4-3-5-9-18/h3-11,13-16,22-23,28,37H,12,17H2,1-2H3/t22-,23+,28-/m0/s1. The van der Waals surface area contributed by atoms with Crippen molar-refractivity contribution in [3.8, 4) is 16.9 Å². The van der Waals surface area contributed by atoms with Gasteiger partial charge in [-0.1, -0.05) is 48.5 Å². The van der Waals surface area contributed by atoms with E-state index in [1.54, 1.807) is 26.2 Å². The fourth-order valence-electron chi connectivity index (χ4n) is 5.71. The summed E-state index contributed by atoms with van der Waals surface area (Å²) in [5.41, 5.74) is 3.57. The van der Waals surface area contributed by atoms with E-state index in [1.807, 2.05) is 42.5 Å². The molecule has 0 spiro atoms. The fourth-order valence-corrected chi connectivity index (χ4v) is 5.71.